The third-order valence-electron chi connectivity index (χ3n) is 4.66. The number of rotatable bonds is 8. The van der Waals surface area contributed by atoms with Gasteiger partial charge in [-0.25, -0.2) is 0 Å². The van der Waals surface area contributed by atoms with Crippen molar-refractivity contribution in [3.05, 3.63) is 48.2 Å². The number of carbonyl (C=O) groups is 1. The van der Waals surface area contributed by atoms with Crippen molar-refractivity contribution in [3.8, 4) is 0 Å². The molecule has 0 N–H and O–H groups in total. The van der Waals surface area contributed by atoms with Gasteiger partial charge in [0.2, 0.25) is 5.91 Å². The number of carbonyl (C=O) groups excluding carboxylic acids is 1. The summed E-state index contributed by atoms with van der Waals surface area (Å²) in [6.45, 7) is 9.95. The van der Waals surface area contributed by atoms with Crippen LogP contribution < -0.4 is 0 Å². The number of hydrogen-bond donors (Lipinski definition) is 0. The van der Waals surface area contributed by atoms with Crippen molar-refractivity contribution in [2.45, 2.75) is 52.1 Å². The molecule has 1 aromatic rings. The zero-order valence-electron chi connectivity index (χ0n) is 15.9. The van der Waals surface area contributed by atoms with Crippen LogP contribution in [0.2, 0.25) is 0 Å². The van der Waals surface area contributed by atoms with Gasteiger partial charge < -0.3 is 9.64 Å². The van der Waals surface area contributed by atoms with E-state index in [4.69, 9.17) is 4.74 Å². The smallest absolute Gasteiger partial charge is 0.250 e. The van der Waals surface area contributed by atoms with Crippen LogP contribution in [0.4, 0.5) is 0 Å². The molecule has 0 spiro atoms. The number of nitrogens with zero attached hydrogens (tertiary/aromatic N) is 2. The first-order valence-electron chi connectivity index (χ1n) is 9.48. The number of piperazine rings is 1. The first-order chi connectivity index (χ1) is 12.1. The molecule has 0 bridgehead atoms. The minimum Gasteiger partial charge on any atom is -0.501 e. The van der Waals surface area contributed by atoms with E-state index in [1.54, 1.807) is 6.08 Å². The molecular formula is C21H32N2O2. The summed E-state index contributed by atoms with van der Waals surface area (Å²) < 4.78 is 5.29. The van der Waals surface area contributed by atoms with Gasteiger partial charge in [0.15, 0.2) is 0 Å². The van der Waals surface area contributed by atoms with Gasteiger partial charge in [0, 0.05) is 31.2 Å². The molecule has 1 heterocycles. The molecule has 0 radical (unpaired) electrons. The van der Waals surface area contributed by atoms with Crippen LogP contribution in [-0.2, 0) is 16.0 Å². The van der Waals surface area contributed by atoms with Crippen LogP contribution in [0.15, 0.2) is 42.7 Å². The predicted molar refractivity (Wildman–Crippen MR) is 102 cm³/mol. The lowest BCUT2D eigenvalue weighted by Crippen LogP contribution is -2.58. The van der Waals surface area contributed by atoms with Crippen molar-refractivity contribution in [1.82, 2.24) is 9.80 Å². The van der Waals surface area contributed by atoms with Crippen LogP contribution in [0.1, 0.15) is 39.2 Å². The fourth-order valence-electron chi connectivity index (χ4n) is 3.58. The highest BCUT2D eigenvalue weighted by molar-refractivity contribution is 5.88. The van der Waals surface area contributed by atoms with Crippen molar-refractivity contribution in [3.63, 3.8) is 0 Å². The highest BCUT2D eigenvalue weighted by atomic mass is 16.5. The minimum atomic E-state index is 0.0556. The SMILES string of the molecule is CCCO/C=C\C(=O)N1[C@H](C)CN(CCCc2ccccc2)C[C@@H]1C. The molecule has 1 saturated heterocycles. The molecule has 1 aliphatic heterocycles. The second kappa shape index (κ2) is 10.2. The Morgan fingerprint density at radius 1 is 1.20 bits per heavy atom. The van der Waals surface area contributed by atoms with Gasteiger partial charge in [-0.05, 0) is 45.2 Å². The lowest BCUT2D eigenvalue weighted by Gasteiger charge is -2.44. The Morgan fingerprint density at radius 2 is 1.88 bits per heavy atom. The molecule has 1 aromatic carbocycles. The van der Waals surface area contributed by atoms with E-state index in [2.05, 4.69) is 56.0 Å². The number of amides is 1. The van der Waals surface area contributed by atoms with E-state index in [9.17, 15) is 4.79 Å². The van der Waals surface area contributed by atoms with E-state index in [1.807, 2.05) is 4.90 Å². The van der Waals surface area contributed by atoms with E-state index in [-0.39, 0.29) is 18.0 Å². The predicted octanol–water partition coefficient (Wildman–Crippen LogP) is 3.48. The summed E-state index contributed by atoms with van der Waals surface area (Å²) in [5.74, 6) is 0.0556. The summed E-state index contributed by atoms with van der Waals surface area (Å²) >= 11 is 0. The standard InChI is InChI=1S/C21H32N2O2/c1-4-14-25-15-12-21(24)23-18(2)16-22(17-19(23)3)13-8-11-20-9-6-5-7-10-20/h5-7,9-10,12,15,18-19H,4,8,11,13-14,16-17H2,1-3H3/b15-12-/t18-,19+. The molecule has 2 rings (SSSR count). The quantitative estimate of drug-likeness (QED) is 0.411. The molecule has 1 fully saturated rings. The molecule has 0 aliphatic carbocycles. The number of benzene rings is 1. The summed E-state index contributed by atoms with van der Waals surface area (Å²) in [5.41, 5.74) is 1.40. The Hall–Kier alpha value is -1.81. The molecule has 4 nitrogen and oxygen atoms in total. The van der Waals surface area contributed by atoms with E-state index < -0.39 is 0 Å². The van der Waals surface area contributed by atoms with Crippen LogP contribution in [0, 0.1) is 0 Å². The maximum absolute atomic E-state index is 12.4. The Morgan fingerprint density at radius 3 is 2.52 bits per heavy atom. The van der Waals surface area contributed by atoms with Crippen molar-refractivity contribution >= 4 is 5.91 Å². The number of aryl methyl sites for hydroxylation is 1. The first kappa shape index (κ1) is 19.5. The summed E-state index contributed by atoms with van der Waals surface area (Å²) in [6, 6.07) is 11.1. The van der Waals surface area contributed by atoms with Gasteiger partial charge in [-0.15, -0.1) is 0 Å². The maximum Gasteiger partial charge on any atom is 0.250 e. The van der Waals surface area contributed by atoms with Gasteiger partial charge in [0.25, 0.3) is 0 Å². The summed E-state index contributed by atoms with van der Waals surface area (Å²) in [4.78, 5) is 16.9. The van der Waals surface area contributed by atoms with Crippen LogP contribution in [0.25, 0.3) is 0 Å². The zero-order chi connectivity index (χ0) is 18.1. The molecule has 138 valence electrons. The van der Waals surface area contributed by atoms with E-state index in [1.165, 1.54) is 11.8 Å². The topological polar surface area (TPSA) is 32.8 Å². The van der Waals surface area contributed by atoms with E-state index in [0.29, 0.717) is 6.61 Å². The molecule has 25 heavy (non-hydrogen) atoms. The molecular weight excluding hydrogens is 312 g/mol. The van der Waals surface area contributed by atoms with Gasteiger partial charge in [0.05, 0.1) is 12.9 Å². The van der Waals surface area contributed by atoms with Crippen LogP contribution >= 0.6 is 0 Å². The zero-order valence-corrected chi connectivity index (χ0v) is 15.9. The van der Waals surface area contributed by atoms with Gasteiger partial charge >= 0.3 is 0 Å². The van der Waals surface area contributed by atoms with Gasteiger partial charge in [-0.3, -0.25) is 9.69 Å². The molecule has 0 saturated carbocycles. The molecule has 1 amide bonds. The maximum atomic E-state index is 12.4. The summed E-state index contributed by atoms with van der Waals surface area (Å²) in [7, 11) is 0. The largest absolute Gasteiger partial charge is 0.501 e. The number of ether oxygens (including phenoxy) is 1. The summed E-state index contributed by atoms with van der Waals surface area (Å²) in [5, 5.41) is 0. The normalized spacial score (nSPS) is 21.6. The average Bonchev–Trinajstić information content (AvgIpc) is 2.59. The molecule has 0 unspecified atom stereocenters. The lowest BCUT2D eigenvalue weighted by molar-refractivity contribution is -0.133. The monoisotopic (exact) mass is 344 g/mol. The summed E-state index contributed by atoms with van der Waals surface area (Å²) in [6.07, 6.45) is 6.32. The van der Waals surface area contributed by atoms with Gasteiger partial charge in [0.1, 0.15) is 0 Å². The van der Waals surface area contributed by atoms with Gasteiger partial charge in [-0.1, -0.05) is 37.3 Å². The highest BCUT2D eigenvalue weighted by Gasteiger charge is 2.31. The third-order valence-corrected chi connectivity index (χ3v) is 4.66. The van der Waals surface area contributed by atoms with E-state index >= 15 is 0 Å². The molecule has 2 atom stereocenters. The van der Waals surface area contributed by atoms with Crippen molar-refractivity contribution in [1.29, 1.82) is 0 Å². The first-order valence-corrected chi connectivity index (χ1v) is 9.48. The second-order valence-corrected chi connectivity index (χ2v) is 6.97. The minimum absolute atomic E-state index is 0.0556. The number of hydrogen-bond acceptors (Lipinski definition) is 3. The Balaban J connectivity index is 1.78. The lowest BCUT2D eigenvalue weighted by atomic mass is 10.1. The fourth-order valence-corrected chi connectivity index (χ4v) is 3.58. The van der Waals surface area contributed by atoms with Crippen LogP contribution in [0.5, 0.6) is 0 Å². The average molecular weight is 344 g/mol. The molecule has 0 aromatic heterocycles. The van der Waals surface area contributed by atoms with Crippen molar-refractivity contribution < 1.29 is 9.53 Å². The van der Waals surface area contributed by atoms with E-state index in [0.717, 1.165) is 38.9 Å². The van der Waals surface area contributed by atoms with Crippen LogP contribution in [0.3, 0.4) is 0 Å². The van der Waals surface area contributed by atoms with Gasteiger partial charge in [-0.2, -0.15) is 0 Å². The second-order valence-electron chi connectivity index (χ2n) is 6.97. The highest BCUT2D eigenvalue weighted by Crippen LogP contribution is 2.17. The Kier molecular flexibility index (Phi) is 7.99. The Bertz CT molecular complexity index is 532. The third kappa shape index (κ3) is 6.20. The Labute approximate surface area is 152 Å². The molecule has 1 aliphatic rings. The van der Waals surface area contributed by atoms with Crippen LogP contribution in [-0.4, -0.2) is 54.0 Å². The molecule has 4 heteroatoms. The fraction of sp³-hybridized carbons (Fsp3) is 0.571. The van der Waals surface area contributed by atoms with Crippen molar-refractivity contribution in [2.75, 3.05) is 26.2 Å². The van der Waals surface area contributed by atoms with Crippen molar-refractivity contribution in [2.24, 2.45) is 0 Å².